The lowest BCUT2D eigenvalue weighted by Crippen LogP contribution is -2.04. The minimum Gasteiger partial charge on any atom is -0.378 e. The summed E-state index contributed by atoms with van der Waals surface area (Å²) in [7, 11) is 0. The van der Waals surface area contributed by atoms with Gasteiger partial charge in [0.2, 0.25) is 0 Å². The van der Waals surface area contributed by atoms with Gasteiger partial charge in [-0.05, 0) is 44.2 Å². The molecule has 0 saturated carbocycles. The lowest BCUT2D eigenvalue weighted by atomic mass is 10.1. The maximum atomic E-state index is 4.00. The Bertz CT molecular complexity index is 685. The fourth-order valence-corrected chi connectivity index (χ4v) is 3.08. The van der Waals surface area contributed by atoms with Crippen LogP contribution in [-0.4, -0.2) is 10.2 Å². The summed E-state index contributed by atoms with van der Waals surface area (Å²) in [6.07, 6.45) is 1.77. The van der Waals surface area contributed by atoms with Crippen LogP contribution < -0.4 is 5.32 Å². The maximum absolute atomic E-state index is 4.00. The van der Waals surface area contributed by atoms with Crippen LogP contribution in [0, 0.1) is 6.92 Å². The molecule has 0 amide bonds. The average Bonchev–Trinajstić information content (AvgIpc) is 3.10. The van der Waals surface area contributed by atoms with Crippen LogP contribution in [0.5, 0.6) is 0 Å². The van der Waals surface area contributed by atoms with Gasteiger partial charge in [0.15, 0.2) is 0 Å². The number of rotatable bonds is 4. The molecule has 0 aliphatic heterocycles. The predicted molar refractivity (Wildman–Crippen MR) is 85.1 cm³/mol. The number of anilines is 1. The summed E-state index contributed by atoms with van der Waals surface area (Å²) in [5, 5.41) is 10.5. The smallest absolute Gasteiger partial charge is 0.0650 e. The zero-order valence-corrected chi connectivity index (χ0v) is 12.4. The molecule has 0 bridgehead atoms. The molecule has 0 saturated heterocycles. The third-order valence-electron chi connectivity index (χ3n) is 3.25. The molecule has 0 aliphatic rings. The zero-order valence-electron chi connectivity index (χ0n) is 11.6. The molecule has 0 fully saturated rings. The van der Waals surface area contributed by atoms with Gasteiger partial charge >= 0.3 is 0 Å². The molecule has 0 aliphatic carbocycles. The highest BCUT2D eigenvalue weighted by atomic mass is 32.1. The molecule has 0 spiro atoms. The molecule has 2 N–H and O–H groups in total. The molecule has 2 heterocycles. The third-order valence-corrected chi connectivity index (χ3v) is 4.43. The van der Waals surface area contributed by atoms with Crippen LogP contribution in [0.15, 0.2) is 48.7 Å². The lowest BCUT2D eigenvalue weighted by Gasteiger charge is -2.14. The molecule has 3 rings (SSSR count). The second-order valence-corrected chi connectivity index (χ2v) is 6.19. The minimum atomic E-state index is 0.311. The number of benzene rings is 1. The Balaban J connectivity index is 1.79. The molecule has 102 valence electrons. The molecule has 1 unspecified atom stereocenters. The predicted octanol–water partition coefficient (Wildman–Crippen LogP) is 4.62. The molecule has 4 heteroatoms. The summed E-state index contributed by atoms with van der Waals surface area (Å²) in [5.74, 6) is 0. The highest BCUT2D eigenvalue weighted by Gasteiger charge is 2.08. The van der Waals surface area contributed by atoms with Crippen LogP contribution >= 0.6 is 11.3 Å². The van der Waals surface area contributed by atoms with E-state index in [-0.39, 0.29) is 0 Å². The van der Waals surface area contributed by atoms with Gasteiger partial charge in [-0.1, -0.05) is 12.1 Å². The molecule has 2 aromatic heterocycles. The molecule has 0 radical (unpaired) electrons. The van der Waals surface area contributed by atoms with Crippen molar-refractivity contribution in [2.45, 2.75) is 19.9 Å². The average molecular weight is 283 g/mol. The topological polar surface area (TPSA) is 40.7 Å². The number of aromatic amines is 1. The van der Waals surface area contributed by atoms with E-state index in [9.17, 15) is 0 Å². The quantitative estimate of drug-likeness (QED) is 0.733. The van der Waals surface area contributed by atoms with Crippen molar-refractivity contribution in [3.63, 3.8) is 0 Å². The van der Waals surface area contributed by atoms with E-state index in [1.165, 1.54) is 9.75 Å². The Labute approximate surface area is 122 Å². The Morgan fingerprint density at radius 3 is 2.80 bits per heavy atom. The second kappa shape index (κ2) is 5.51. The standard InChI is InChI=1S/C16H17N3S/c1-11-6-7-16(20-11)12(2)18-14-5-3-4-13(10-14)15-8-9-17-19-15/h3-10,12,18H,1-2H3,(H,17,19). The van der Waals surface area contributed by atoms with Gasteiger partial charge in [0.25, 0.3) is 0 Å². The monoisotopic (exact) mass is 283 g/mol. The van der Waals surface area contributed by atoms with E-state index in [0.29, 0.717) is 6.04 Å². The van der Waals surface area contributed by atoms with Crippen LogP contribution in [-0.2, 0) is 0 Å². The van der Waals surface area contributed by atoms with Gasteiger partial charge < -0.3 is 5.32 Å². The van der Waals surface area contributed by atoms with Crippen LogP contribution in [0.2, 0.25) is 0 Å². The minimum absolute atomic E-state index is 0.311. The van der Waals surface area contributed by atoms with E-state index in [0.717, 1.165) is 16.9 Å². The van der Waals surface area contributed by atoms with E-state index in [2.05, 4.69) is 65.8 Å². The van der Waals surface area contributed by atoms with E-state index in [1.807, 2.05) is 17.4 Å². The van der Waals surface area contributed by atoms with Gasteiger partial charge in [-0.15, -0.1) is 11.3 Å². The molecule has 1 atom stereocenters. The number of H-pyrrole nitrogens is 1. The number of aryl methyl sites for hydroxylation is 1. The maximum Gasteiger partial charge on any atom is 0.0650 e. The van der Waals surface area contributed by atoms with Gasteiger partial charge in [0.1, 0.15) is 0 Å². The third kappa shape index (κ3) is 2.75. The van der Waals surface area contributed by atoms with E-state index < -0.39 is 0 Å². The van der Waals surface area contributed by atoms with Crippen molar-refractivity contribution in [2.75, 3.05) is 5.32 Å². The zero-order chi connectivity index (χ0) is 13.9. The van der Waals surface area contributed by atoms with E-state index in [4.69, 9.17) is 0 Å². The van der Waals surface area contributed by atoms with Gasteiger partial charge in [0, 0.05) is 27.2 Å². The van der Waals surface area contributed by atoms with Crippen LogP contribution in [0.25, 0.3) is 11.3 Å². The summed E-state index contributed by atoms with van der Waals surface area (Å²) in [5.41, 5.74) is 3.30. The van der Waals surface area contributed by atoms with Crippen molar-refractivity contribution >= 4 is 17.0 Å². The first-order valence-electron chi connectivity index (χ1n) is 6.65. The highest BCUT2D eigenvalue weighted by Crippen LogP contribution is 2.27. The summed E-state index contributed by atoms with van der Waals surface area (Å²) in [6, 6.07) is 15.0. The summed E-state index contributed by atoms with van der Waals surface area (Å²) >= 11 is 1.84. The summed E-state index contributed by atoms with van der Waals surface area (Å²) in [6.45, 7) is 4.33. The van der Waals surface area contributed by atoms with Gasteiger partial charge in [-0.3, -0.25) is 5.10 Å². The van der Waals surface area contributed by atoms with Crippen LogP contribution in [0.4, 0.5) is 5.69 Å². The molecule has 3 nitrogen and oxygen atoms in total. The van der Waals surface area contributed by atoms with Crippen molar-refractivity contribution in [3.05, 3.63) is 58.4 Å². The van der Waals surface area contributed by atoms with Crippen molar-refractivity contribution in [1.29, 1.82) is 0 Å². The summed E-state index contributed by atoms with van der Waals surface area (Å²) < 4.78 is 0. The number of nitrogens with one attached hydrogen (secondary N) is 2. The molecule has 3 aromatic rings. The number of hydrogen-bond donors (Lipinski definition) is 2. The molecule has 1 aromatic carbocycles. The largest absolute Gasteiger partial charge is 0.378 e. The number of nitrogens with zero attached hydrogens (tertiary/aromatic N) is 1. The van der Waals surface area contributed by atoms with Gasteiger partial charge in [-0.25, -0.2) is 0 Å². The van der Waals surface area contributed by atoms with E-state index >= 15 is 0 Å². The Kier molecular flexibility index (Phi) is 3.56. The Hall–Kier alpha value is -2.07. The van der Waals surface area contributed by atoms with Crippen LogP contribution in [0.3, 0.4) is 0 Å². The fourth-order valence-electron chi connectivity index (χ4n) is 2.20. The fraction of sp³-hybridized carbons (Fsp3) is 0.188. The summed E-state index contributed by atoms with van der Waals surface area (Å²) in [4.78, 5) is 2.70. The SMILES string of the molecule is Cc1ccc(C(C)Nc2cccc(-c3ccn[nH]3)c2)s1. The molecular formula is C16H17N3S. The van der Waals surface area contributed by atoms with Gasteiger partial charge in [-0.2, -0.15) is 5.10 Å². The Morgan fingerprint density at radius 2 is 2.10 bits per heavy atom. The normalized spacial score (nSPS) is 12.3. The first-order chi connectivity index (χ1) is 9.72. The van der Waals surface area contributed by atoms with Crippen molar-refractivity contribution < 1.29 is 0 Å². The lowest BCUT2D eigenvalue weighted by molar-refractivity contribution is 0.908. The number of aromatic nitrogens is 2. The Morgan fingerprint density at radius 1 is 1.20 bits per heavy atom. The van der Waals surface area contributed by atoms with Gasteiger partial charge in [0.05, 0.1) is 11.7 Å². The first-order valence-corrected chi connectivity index (χ1v) is 7.47. The molecular weight excluding hydrogens is 266 g/mol. The van der Waals surface area contributed by atoms with Crippen molar-refractivity contribution in [2.24, 2.45) is 0 Å². The second-order valence-electron chi connectivity index (χ2n) is 4.87. The van der Waals surface area contributed by atoms with E-state index in [1.54, 1.807) is 6.20 Å². The van der Waals surface area contributed by atoms with Crippen molar-refractivity contribution in [3.8, 4) is 11.3 Å². The number of hydrogen-bond acceptors (Lipinski definition) is 3. The van der Waals surface area contributed by atoms with Crippen LogP contribution in [0.1, 0.15) is 22.7 Å². The molecule has 20 heavy (non-hydrogen) atoms. The first kappa shape index (κ1) is 12.9. The number of thiophene rings is 1. The van der Waals surface area contributed by atoms with Crippen molar-refractivity contribution in [1.82, 2.24) is 10.2 Å². The highest BCUT2D eigenvalue weighted by molar-refractivity contribution is 7.12.